The van der Waals surface area contributed by atoms with Gasteiger partial charge >= 0.3 is 0 Å². The van der Waals surface area contributed by atoms with Crippen molar-refractivity contribution >= 4 is 5.91 Å². The summed E-state index contributed by atoms with van der Waals surface area (Å²) in [6.07, 6.45) is 8.32. The first kappa shape index (κ1) is 15.9. The molecule has 3 nitrogen and oxygen atoms in total. The number of hydrogen-bond donors (Lipinski definition) is 1. The van der Waals surface area contributed by atoms with Gasteiger partial charge in [-0.2, -0.15) is 0 Å². The van der Waals surface area contributed by atoms with Crippen LogP contribution in [0.25, 0.3) is 0 Å². The Bertz CT molecular complexity index is 520. The van der Waals surface area contributed by atoms with Crippen molar-refractivity contribution in [1.82, 2.24) is 4.90 Å². The summed E-state index contributed by atoms with van der Waals surface area (Å²) >= 11 is 0. The minimum atomic E-state index is 0.336. The van der Waals surface area contributed by atoms with Crippen molar-refractivity contribution in [3.8, 4) is 0 Å². The van der Waals surface area contributed by atoms with Gasteiger partial charge < -0.3 is 10.6 Å². The fourth-order valence-corrected chi connectivity index (χ4v) is 7.55. The number of hydrogen-bond acceptors (Lipinski definition) is 2. The number of amides is 1. The fraction of sp³-hybridized carbons (Fsp3) is 0.950. The van der Waals surface area contributed by atoms with Gasteiger partial charge in [0.05, 0.1) is 0 Å². The van der Waals surface area contributed by atoms with Crippen molar-refractivity contribution < 1.29 is 4.79 Å². The molecule has 3 aliphatic carbocycles. The van der Waals surface area contributed by atoms with E-state index in [1.807, 2.05) is 7.05 Å². The fourth-order valence-electron chi connectivity index (χ4n) is 7.55. The number of fused-ring (bicyclic) bond motifs is 5. The van der Waals surface area contributed by atoms with Crippen molar-refractivity contribution in [1.29, 1.82) is 0 Å². The molecule has 0 unspecified atom stereocenters. The maximum Gasteiger partial charge on any atom is 0.222 e. The van der Waals surface area contributed by atoms with Gasteiger partial charge in [0.25, 0.3) is 0 Å². The number of carbonyl (C=O) groups excluding carboxylic acids is 1. The third-order valence-corrected chi connectivity index (χ3v) is 9.00. The van der Waals surface area contributed by atoms with E-state index in [2.05, 4.69) is 25.7 Å². The normalized spacial score (nSPS) is 56.0. The van der Waals surface area contributed by atoms with Crippen LogP contribution in [0.3, 0.4) is 0 Å². The molecule has 3 heteroatoms. The second-order valence-electron chi connectivity index (χ2n) is 9.76. The highest BCUT2D eigenvalue weighted by molar-refractivity contribution is 5.77. The molecule has 8 atom stereocenters. The molecule has 2 N–H and O–H groups in total. The third kappa shape index (κ3) is 1.95. The molecule has 0 radical (unpaired) electrons. The molecule has 1 aliphatic heterocycles. The molecule has 0 bridgehead atoms. The molecule has 0 spiro atoms. The van der Waals surface area contributed by atoms with Crippen LogP contribution in [0.1, 0.15) is 65.7 Å². The lowest BCUT2D eigenvalue weighted by Gasteiger charge is -2.61. The molecule has 23 heavy (non-hydrogen) atoms. The van der Waals surface area contributed by atoms with E-state index in [1.54, 1.807) is 0 Å². The van der Waals surface area contributed by atoms with Crippen LogP contribution in [0, 0.1) is 34.5 Å². The molecular weight excluding hydrogens is 284 g/mol. The van der Waals surface area contributed by atoms with Crippen molar-refractivity contribution in [2.75, 3.05) is 7.05 Å². The summed E-state index contributed by atoms with van der Waals surface area (Å²) in [5, 5.41) is 0. The Kier molecular flexibility index (Phi) is 3.44. The Balaban J connectivity index is 1.66. The standard InChI is InChI=1S/C20H34N2O/c1-12-11-15-13-5-6-16-19(2,10-8-17(23)22(16)4)14(13)7-9-20(15,3)18(12)21/h12-16,18H,5-11,21H2,1-4H3/t12-,13+,14-,15-,16+,18-,19+,20-/m0/s1. The maximum absolute atomic E-state index is 12.2. The monoisotopic (exact) mass is 318 g/mol. The van der Waals surface area contributed by atoms with Crippen LogP contribution in [0.15, 0.2) is 0 Å². The molecule has 1 amide bonds. The minimum absolute atomic E-state index is 0.336. The van der Waals surface area contributed by atoms with Gasteiger partial charge in [0.15, 0.2) is 0 Å². The SMILES string of the molecule is C[C@H]1C[C@H]2[C@@H]3CC[C@H]4N(C)C(=O)CC[C@]4(C)[C@H]3CC[C@]2(C)[C@H]1N. The second kappa shape index (κ2) is 4.97. The Morgan fingerprint density at radius 3 is 2.57 bits per heavy atom. The number of likely N-dealkylation sites (tertiary alicyclic amines) is 1. The first-order chi connectivity index (χ1) is 10.8. The van der Waals surface area contributed by atoms with Gasteiger partial charge in [-0.25, -0.2) is 0 Å². The molecule has 3 saturated carbocycles. The Hall–Kier alpha value is -0.570. The Morgan fingerprint density at radius 1 is 1.09 bits per heavy atom. The summed E-state index contributed by atoms with van der Waals surface area (Å²) in [7, 11) is 2.05. The number of rotatable bonds is 0. The van der Waals surface area contributed by atoms with Gasteiger partial charge in [0.2, 0.25) is 5.91 Å². The van der Waals surface area contributed by atoms with Gasteiger partial charge in [-0.1, -0.05) is 20.8 Å². The molecular formula is C20H34N2O. The van der Waals surface area contributed by atoms with Gasteiger partial charge in [0, 0.05) is 25.6 Å². The largest absolute Gasteiger partial charge is 0.342 e. The third-order valence-electron chi connectivity index (χ3n) is 9.00. The predicted molar refractivity (Wildman–Crippen MR) is 92.7 cm³/mol. The number of carbonyl (C=O) groups is 1. The van der Waals surface area contributed by atoms with Gasteiger partial charge in [-0.3, -0.25) is 4.79 Å². The molecule has 0 aromatic rings. The Labute approximate surface area is 141 Å². The Morgan fingerprint density at radius 2 is 1.83 bits per heavy atom. The van der Waals surface area contributed by atoms with Crippen molar-refractivity contribution in [3.63, 3.8) is 0 Å². The zero-order valence-electron chi connectivity index (χ0n) is 15.3. The summed E-state index contributed by atoms with van der Waals surface area (Å²) in [4.78, 5) is 14.3. The zero-order chi connectivity index (χ0) is 16.6. The summed E-state index contributed by atoms with van der Waals surface area (Å²) in [5.74, 6) is 3.49. The topological polar surface area (TPSA) is 46.3 Å². The van der Waals surface area contributed by atoms with Crippen LogP contribution in [0.5, 0.6) is 0 Å². The number of nitrogens with zero attached hydrogens (tertiary/aromatic N) is 1. The van der Waals surface area contributed by atoms with E-state index in [4.69, 9.17) is 5.73 Å². The molecule has 4 aliphatic rings. The van der Waals surface area contributed by atoms with Crippen LogP contribution in [-0.4, -0.2) is 29.9 Å². The average molecular weight is 319 g/mol. The lowest BCUT2D eigenvalue weighted by Crippen LogP contribution is -2.61. The minimum Gasteiger partial charge on any atom is -0.342 e. The quantitative estimate of drug-likeness (QED) is 0.744. The van der Waals surface area contributed by atoms with Gasteiger partial charge in [-0.15, -0.1) is 0 Å². The van der Waals surface area contributed by atoms with Crippen LogP contribution in [0.2, 0.25) is 0 Å². The molecule has 4 rings (SSSR count). The molecule has 4 fully saturated rings. The highest BCUT2D eigenvalue weighted by atomic mass is 16.2. The van der Waals surface area contributed by atoms with E-state index in [0.717, 1.165) is 30.6 Å². The van der Waals surface area contributed by atoms with E-state index >= 15 is 0 Å². The lowest BCUT2D eigenvalue weighted by molar-refractivity contribution is -0.157. The van der Waals surface area contributed by atoms with E-state index in [-0.39, 0.29) is 0 Å². The molecule has 0 aromatic heterocycles. The highest BCUT2D eigenvalue weighted by Crippen LogP contribution is 2.65. The van der Waals surface area contributed by atoms with Crippen molar-refractivity contribution in [2.24, 2.45) is 40.2 Å². The van der Waals surface area contributed by atoms with Crippen molar-refractivity contribution in [2.45, 2.75) is 77.8 Å². The average Bonchev–Trinajstić information content (AvgIpc) is 2.75. The molecule has 0 aromatic carbocycles. The highest BCUT2D eigenvalue weighted by Gasteiger charge is 2.61. The van der Waals surface area contributed by atoms with Crippen molar-refractivity contribution in [3.05, 3.63) is 0 Å². The predicted octanol–water partition coefficient (Wildman–Crippen LogP) is 3.42. The van der Waals surface area contributed by atoms with E-state index in [0.29, 0.717) is 34.7 Å². The summed E-state index contributed by atoms with van der Waals surface area (Å²) in [5.41, 5.74) is 7.34. The van der Waals surface area contributed by atoms with E-state index < -0.39 is 0 Å². The van der Waals surface area contributed by atoms with E-state index in [9.17, 15) is 4.79 Å². The second-order valence-corrected chi connectivity index (χ2v) is 9.76. The number of piperidine rings is 1. The summed E-state index contributed by atoms with van der Waals surface area (Å²) in [6, 6.07) is 0.858. The maximum atomic E-state index is 12.2. The first-order valence-electron chi connectivity index (χ1n) is 9.80. The van der Waals surface area contributed by atoms with Crippen LogP contribution >= 0.6 is 0 Å². The van der Waals surface area contributed by atoms with Gasteiger partial charge in [-0.05, 0) is 73.0 Å². The first-order valence-corrected chi connectivity index (χ1v) is 9.80. The summed E-state index contributed by atoms with van der Waals surface area (Å²) in [6.45, 7) is 7.34. The molecule has 130 valence electrons. The van der Waals surface area contributed by atoms with Crippen LogP contribution < -0.4 is 5.73 Å². The van der Waals surface area contributed by atoms with Crippen LogP contribution in [0.4, 0.5) is 0 Å². The smallest absolute Gasteiger partial charge is 0.222 e. The number of nitrogens with two attached hydrogens (primary N) is 1. The molecule has 1 saturated heterocycles. The zero-order valence-corrected chi connectivity index (χ0v) is 15.3. The van der Waals surface area contributed by atoms with Crippen LogP contribution in [-0.2, 0) is 4.79 Å². The lowest BCUT2D eigenvalue weighted by atomic mass is 9.47. The van der Waals surface area contributed by atoms with Gasteiger partial charge in [0.1, 0.15) is 0 Å². The van der Waals surface area contributed by atoms with E-state index in [1.165, 1.54) is 32.1 Å². The molecule has 1 heterocycles. The summed E-state index contributed by atoms with van der Waals surface area (Å²) < 4.78 is 0.